The number of nitrogens with zero attached hydrogens (tertiary/aromatic N) is 1. The Hall–Kier alpha value is 0.469. The molecule has 23 heavy (non-hydrogen) atoms. The van der Waals surface area contributed by atoms with Crippen LogP contribution in [0.1, 0.15) is 98.3 Å². The molecule has 0 heterocycles. The molecule has 0 aliphatic heterocycles. The predicted molar refractivity (Wildman–Crippen MR) is 110 cm³/mol. The minimum absolute atomic E-state index is 0.665. The van der Waals surface area contributed by atoms with Gasteiger partial charge in [-0.05, 0) is 0 Å². The molecule has 1 fully saturated rings. The summed E-state index contributed by atoms with van der Waals surface area (Å²) in [6, 6.07) is 0.665. The Labute approximate surface area is 151 Å². The molecule has 0 saturated heterocycles. The van der Waals surface area contributed by atoms with Gasteiger partial charge < -0.3 is 0 Å². The van der Waals surface area contributed by atoms with E-state index in [4.69, 9.17) is 4.99 Å². The molecule has 1 atom stereocenters. The fraction of sp³-hybridized carbons (Fsp3) is 0.952. The molecule has 0 N–H and O–H groups in total. The van der Waals surface area contributed by atoms with Gasteiger partial charge in [-0.1, -0.05) is 0 Å². The Balaban J connectivity index is 2.76. The van der Waals surface area contributed by atoms with Gasteiger partial charge in [-0.3, -0.25) is 0 Å². The van der Waals surface area contributed by atoms with Crippen LogP contribution >= 0.6 is 0 Å². The summed E-state index contributed by atoms with van der Waals surface area (Å²) in [5.74, 6) is 0. The van der Waals surface area contributed by atoms with Crippen molar-refractivity contribution in [2.75, 3.05) is 0 Å². The van der Waals surface area contributed by atoms with Crippen molar-refractivity contribution in [3.8, 4) is 0 Å². The zero-order valence-corrected chi connectivity index (χ0v) is 19.4. The Morgan fingerprint density at radius 1 is 0.870 bits per heavy atom. The van der Waals surface area contributed by atoms with E-state index in [2.05, 4.69) is 33.9 Å². The van der Waals surface area contributed by atoms with Crippen LogP contribution in [0.25, 0.3) is 0 Å². The molecule has 0 aromatic rings. The van der Waals surface area contributed by atoms with E-state index in [9.17, 15) is 0 Å². The first-order valence-corrected chi connectivity index (χ1v) is 18.4. The van der Waals surface area contributed by atoms with Crippen molar-refractivity contribution in [1.29, 1.82) is 0 Å². The number of hydrogen-bond donors (Lipinski definition) is 0. The van der Waals surface area contributed by atoms with Gasteiger partial charge in [0.1, 0.15) is 0 Å². The van der Waals surface area contributed by atoms with Crippen LogP contribution < -0.4 is 0 Å². The van der Waals surface area contributed by atoms with Crippen LogP contribution in [0.4, 0.5) is 0 Å². The molecule has 1 nitrogen and oxygen atoms in total. The van der Waals surface area contributed by atoms with Crippen LogP contribution in [0, 0.1) is 0 Å². The third-order valence-electron chi connectivity index (χ3n) is 6.15. The van der Waals surface area contributed by atoms with E-state index in [0.29, 0.717) is 6.04 Å². The molecular weight excluding hydrogens is 385 g/mol. The first kappa shape index (κ1) is 21.5. The number of hydrogen-bond acceptors (Lipinski definition) is 1. The van der Waals surface area contributed by atoms with Crippen molar-refractivity contribution >= 4 is 24.6 Å². The molecule has 1 unspecified atom stereocenters. The molecule has 1 rings (SSSR count). The molecule has 0 bridgehead atoms. The summed E-state index contributed by atoms with van der Waals surface area (Å²) in [5.41, 5.74) is 0. The molecule has 0 amide bonds. The van der Waals surface area contributed by atoms with Crippen LogP contribution in [0.15, 0.2) is 4.99 Å². The minimum atomic E-state index is -2.07. The summed E-state index contributed by atoms with van der Waals surface area (Å²) in [7, 11) is 0. The average Bonchev–Trinajstić information content (AvgIpc) is 2.60. The van der Waals surface area contributed by atoms with Crippen LogP contribution in [0.2, 0.25) is 17.2 Å². The van der Waals surface area contributed by atoms with Gasteiger partial charge >= 0.3 is 151 Å². The van der Waals surface area contributed by atoms with Gasteiger partial charge in [-0.25, -0.2) is 0 Å². The zero-order chi connectivity index (χ0) is 17.0. The van der Waals surface area contributed by atoms with Gasteiger partial charge in [0.25, 0.3) is 0 Å². The molecule has 0 aromatic carbocycles. The second kappa shape index (κ2) is 12.8. The van der Waals surface area contributed by atoms with E-state index in [1.807, 2.05) is 0 Å². The molecule has 1 aliphatic rings. The van der Waals surface area contributed by atoms with E-state index in [0.717, 1.165) is 3.93 Å². The zero-order valence-electron chi connectivity index (χ0n) is 16.6. The van der Waals surface area contributed by atoms with Crippen molar-refractivity contribution in [3.05, 3.63) is 0 Å². The van der Waals surface area contributed by atoms with E-state index in [1.54, 1.807) is 13.3 Å². The summed E-state index contributed by atoms with van der Waals surface area (Å²) in [4.78, 5) is 5.10. The molecule has 0 aromatic heterocycles. The number of unbranched alkanes of at least 4 members (excludes halogenated alkanes) is 3. The molecule has 1 saturated carbocycles. The van der Waals surface area contributed by atoms with Crippen molar-refractivity contribution in [3.63, 3.8) is 0 Å². The molecule has 0 spiro atoms. The Kier molecular flexibility index (Phi) is 12.0. The van der Waals surface area contributed by atoms with Crippen molar-refractivity contribution in [2.45, 2.75) is 122 Å². The summed E-state index contributed by atoms with van der Waals surface area (Å²) < 4.78 is 5.70. The monoisotopic (exact) mass is 429 g/mol. The molecule has 2 heteroatoms. The Morgan fingerprint density at radius 2 is 1.35 bits per heavy atom. The van der Waals surface area contributed by atoms with Crippen LogP contribution in [0.3, 0.4) is 0 Å². The van der Waals surface area contributed by atoms with E-state index in [-0.39, 0.29) is 0 Å². The van der Waals surface area contributed by atoms with Crippen molar-refractivity contribution in [1.82, 2.24) is 0 Å². The Bertz CT molecular complexity index is 285. The first-order valence-electron chi connectivity index (χ1n) is 10.7. The molecule has 0 radical (unpaired) electrons. The summed E-state index contributed by atoms with van der Waals surface area (Å²) in [5, 5.41) is 0. The van der Waals surface area contributed by atoms with Crippen molar-refractivity contribution in [2.24, 2.45) is 4.99 Å². The van der Waals surface area contributed by atoms with E-state index in [1.165, 1.54) is 70.6 Å². The second-order valence-electron chi connectivity index (χ2n) is 8.05. The average molecular weight is 428 g/mol. The topological polar surface area (TPSA) is 12.4 Å². The SMILES string of the molecule is CCC[CH2][Sn]([CH2]CCC)([CH2]CCC)[CH](C)C=NC1CCCCC1. The van der Waals surface area contributed by atoms with Gasteiger partial charge in [-0.2, -0.15) is 0 Å². The predicted octanol–water partition coefficient (Wildman–Crippen LogP) is 7.63. The van der Waals surface area contributed by atoms with Gasteiger partial charge in [0.15, 0.2) is 0 Å². The summed E-state index contributed by atoms with van der Waals surface area (Å²) in [6.45, 7) is 9.68. The van der Waals surface area contributed by atoms with Crippen LogP contribution in [0.5, 0.6) is 0 Å². The fourth-order valence-electron chi connectivity index (χ4n) is 4.28. The first-order chi connectivity index (χ1) is 11.2. The second-order valence-corrected chi connectivity index (χ2v) is 22.7. The molecule has 136 valence electrons. The van der Waals surface area contributed by atoms with E-state index >= 15 is 0 Å². The number of rotatable bonds is 12. The van der Waals surface area contributed by atoms with Crippen LogP contribution in [-0.2, 0) is 0 Å². The molecular formula is C21H43NSn. The van der Waals surface area contributed by atoms with Gasteiger partial charge in [0.05, 0.1) is 0 Å². The van der Waals surface area contributed by atoms with Crippen molar-refractivity contribution < 1.29 is 0 Å². The quantitative estimate of drug-likeness (QED) is 0.224. The Morgan fingerprint density at radius 3 is 1.78 bits per heavy atom. The molecule has 1 aliphatic carbocycles. The third-order valence-corrected chi connectivity index (χ3v) is 23.6. The summed E-state index contributed by atoms with van der Waals surface area (Å²) in [6.07, 6.45) is 18.0. The standard InChI is InChI=1S/C9H16N.3C4H9.Sn/c1-2-8-10-9-6-4-3-5-7-9;3*1-3-4-2;/h2,8-9H,3-7H2,1H3;3*1,3-4H2,2H3;. The van der Waals surface area contributed by atoms with Gasteiger partial charge in [0.2, 0.25) is 0 Å². The fourth-order valence-corrected chi connectivity index (χ4v) is 20.5. The summed E-state index contributed by atoms with van der Waals surface area (Å²) >= 11 is -2.07. The number of aliphatic imine (C=N–C) groups is 1. The van der Waals surface area contributed by atoms with Crippen LogP contribution in [-0.4, -0.2) is 30.6 Å². The maximum absolute atomic E-state index is 5.10. The maximum atomic E-state index is 5.10. The van der Waals surface area contributed by atoms with Gasteiger partial charge in [-0.15, -0.1) is 0 Å². The normalized spacial score (nSPS) is 18.6. The third kappa shape index (κ3) is 7.92. The van der Waals surface area contributed by atoms with E-state index < -0.39 is 18.4 Å². The van der Waals surface area contributed by atoms with Gasteiger partial charge in [0, 0.05) is 0 Å².